The summed E-state index contributed by atoms with van der Waals surface area (Å²) in [6.45, 7) is 4.69. The molecule has 0 unspecified atom stereocenters. The highest BCUT2D eigenvalue weighted by Gasteiger charge is 2.02. The van der Waals surface area contributed by atoms with Crippen LogP contribution in [0, 0.1) is 6.92 Å². The predicted molar refractivity (Wildman–Crippen MR) is 63.2 cm³/mol. The van der Waals surface area contributed by atoms with Crippen molar-refractivity contribution in [2.75, 3.05) is 0 Å². The van der Waals surface area contributed by atoms with Gasteiger partial charge in [0.25, 0.3) is 0 Å². The van der Waals surface area contributed by atoms with Gasteiger partial charge in [-0.2, -0.15) is 0 Å². The SMILES string of the molecule is CC/C=C(/Cl)c1cc(CN)ccc1C. The number of halogens is 1. The average molecular weight is 210 g/mol. The fraction of sp³-hybridized carbons (Fsp3) is 0.333. The maximum absolute atomic E-state index is 6.16. The minimum absolute atomic E-state index is 0.559. The van der Waals surface area contributed by atoms with E-state index in [-0.39, 0.29) is 0 Å². The van der Waals surface area contributed by atoms with Crippen molar-refractivity contribution in [3.8, 4) is 0 Å². The van der Waals surface area contributed by atoms with E-state index >= 15 is 0 Å². The molecule has 0 amide bonds. The van der Waals surface area contributed by atoms with Crippen molar-refractivity contribution in [1.82, 2.24) is 0 Å². The summed E-state index contributed by atoms with van der Waals surface area (Å²) in [6.07, 6.45) is 2.97. The summed E-state index contributed by atoms with van der Waals surface area (Å²) in [5.74, 6) is 0. The topological polar surface area (TPSA) is 26.0 Å². The fourth-order valence-electron chi connectivity index (χ4n) is 1.34. The van der Waals surface area contributed by atoms with Gasteiger partial charge in [-0.3, -0.25) is 0 Å². The zero-order chi connectivity index (χ0) is 10.6. The van der Waals surface area contributed by atoms with E-state index < -0.39 is 0 Å². The molecule has 2 heteroatoms. The van der Waals surface area contributed by atoms with E-state index in [0.29, 0.717) is 6.54 Å². The molecule has 0 saturated heterocycles. The van der Waals surface area contributed by atoms with Gasteiger partial charge < -0.3 is 5.73 Å². The Morgan fingerprint density at radius 1 is 1.50 bits per heavy atom. The highest BCUT2D eigenvalue weighted by molar-refractivity contribution is 6.48. The van der Waals surface area contributed by atoms with E-state index in [1.165, 1.54) is 5.56 Å². The normalized spacial score (nSPS) is 11.9. The molecule has 1 rings (SSSR count). The first-order valence-electron chi connectivity index (χ1n) is 4.84. The van der Waals surface area contributed by atoms with Crippen LogP contribution in [0.25, 0.3) is 5.03 Å². The standard InChI is InChI=1S/C12H16ClN/c1-3-4-12(13)11-7-10(8-14)6-5-9(11)2/h4-7H,3,8,14H2,1-2H3/b12-4+. The summed E-state index contributed by atoms with van der Waals surface area (Å²) in [5, 5.41) is 0.820. The largest absolute Gasteiger partial charge is 0.326 e. The molecule has 1 aromatic rings. The third-order valence-electron chi connectivity index (χ3n) is 2.18. The number of aryl methyl sites for hydroxylation is 1. The van der Waals surface area contributed by atoms with Crippen molar-refractivity contribution in [2.24, 2.45) is 5.73 Å². The van der Waals surface area contributed by atoms with Gasteiger partial charge >= 0.3 is 0 Å². The summed E-state index contributed by atoms with van der Waals surface area (Å²) < 4.78 is 0. The number of benzene rings is 1. The van der Waals surface area contributed by atoms with Crippen LogP contribution in [0.1, 0.15) is 30.0 Å². The van der Waals surface area contributed by atoms with Crippen LogP contribution in [-0.4, -0.2) is 0 Å². The molecule has 0 fully saturated rings. The lowest BCUT2D eigenvalue weighted by Gasteiger charge is -2.06. The van der Waals surface area contributed by atoms with Crippen molar-refractivity contribution in [3.63, 3.8) is 0 Å². The van der Waals surface area contributed by atoms with Crippen LogP contribution in [0.4, 0.5) is 0 Å². The molecule has 1 aromatic carbocycles. The molecular weight excluding hydrogens is 194 g/mol. The van der Waals surface area contributed by atoms with Crippen LogP contribution < -0.4 is 5.73 Å². The van der Waals surface area contributed by atoms with E-state index in [1.807, 2.05) is 12.1 Å². The molecule has 0 bridgehead atoms. The highest BCUT2D eigenvalue weighted by atomic mass is 35.5. The van der Waals surface area contributed by atoms with Crippen molar-refractivity contribution in [2.45, 2.75) is 26.8 Å². The molecule has 0 atom stereocenters. The molecular formula is C12H16ClN. The minimum atomic E-state index is 0.559. The van der Waals surface area contributed by atoms with Gasteiger partial charge in [0.15, 0.2) is 0 Å². The second-order valence-electron chi connectivity index (χ2n) is 3.31. The van der Waals surface area contributed by atoms with Crippen molar-refractivity contribution in [1.29, 1.82) is 0 Å². The Morgan fingerprint density at radius 3 is 2.79 bits per heavy atom. The van der Waals surface area contributed by atoms with Crippen molar-refractivity contribution in [3.05, 3.63) is 41.0 Å². The average Bonchev–Trinajstić information content (AvgIpc) is 2.19. The Bertz CT molecular complexity index is 342. The molecule has 0 aliphatic carbocycles. The van der Waals surface area contributed by atoms with Gasteiger partial charge in [0.2, 0.25) is 0 Å². The number of hydrogen-bond donors (Lipinski definition) is 1. The predicted octanol–water partition coefficient (Wildman–Crippen LogP) is 3.44. The third-order valence-corrected chi connectivity index (χ3v) is 2.54. The molecule has 0 saturated carbocycles. The smallest absolute Gasteiger partial charge is 0.0441 e. The molecule has 14 heavy (non-hydrogen) atoms. The summed E-state index contributed by atoms with van der Waals surface area (Å²) in [7, 11) is 0. The van der Waals surface area contributed by atoms with E-state index in [9.17, 15) is 0 Å². The number of rotatable bonds is 3. The molecule has 0 aromatic heterocycles. The van der Waals surface area contributed by atoms with Crippen LogP contribution >= 0.6 is 11.6 Å². The van der Waals surface area contributed by atoms with Crippen molar-refractivity contribution >= 4 is 16.6 Å². The summed E-state index contributed by atoms with van der Waals surface area (Å²) >= 11 is 6.16. The number of hydrogen-bond acceptors (Lipinski definition) is 1. The lowest BCUT2D eigenvalue weighted by Crippen LogP contribution is -1.97. The molecule has 76 valence electrons. The first-order chi connectivity index (χ1) is 6.69. The Hall–Kier alpha value is -0.790. The molecule has 2 N–H and O–H groups in total. The van der Waals surface area contributed by atoms with E-state index in [0.717, 1.165) is 22.6 Å². The molecule has 0 heterocycles. The first-order valence-corrected chi connectivity index (χ1v) is 5.22. The Balaban J connectivity index is 3.12. The number of nitrogens with two attached hydrogens (primary N) is 1. The second kappa shape index (κ2) is 5.18. The maximum Gasteiger partial charge on any atom is 0.0441 e. The van der Waals surface area contributed by atoms with Crippen LogP contribution in [0.15, 0.2) is 24.3 Å². The molecule has 0 aliphatic rings. The molecule has 1 nitrogen and oxygen atoms in total. The van der Waals surface area contributed by atoms with Crippen LogP contribution in [0.5, 0.6) is 0 Å². The molecule has 0 spiro atoms. The second-order valence-corrected chi connectivity index (χ2v) is 3.72. The first kappa shape index (κ1) is 11.3. The van der Waals surface area contributed by atoms with Crippen molar-refractivity contribution < 1.29 is 0 Å². The van der Waals surface area contributed by atoms with Gasteiger partial charge in [-0.05, 0) is 36.1 Å². The Kier molecular flexibility index (Phi) is 4.18. The minimum Gasteiger partial charge on any atom is -0.326 e. The zero-order valence-corrected chi connectivity index (χ0v) is 9.43. The van der Waals surface area contributed by atoms with Gasteiger partial charge in [0.1, 0.15) is 0 Å². The third kappa shape index (κ3) is 2.60. The Labute approximate surface area is 90.6 Å². The van der Waals surface area contributed by atoms with E-state index in [4.69, 9.17) is 17.3 Å². The Morgan fingerprint density at radius 2 is 2.21 bits per heavy atom. The van der Waals surface area contributed by atoms with Gasteiger partial charge in [-0.15, -0.1) is 0 Å². The fourth-order valence-corrected chi connectivity index (χ4v) is 1.70. The van der Waals surface area contributed by atoms with Gasteiger partial charge in [-0.1, -0.05) is 36.7 Å². The lowest BCUT2D eigenvalue weighted by molar-refractivity contribution is 1.07. The molecule has 0 aliphatic heterocycles. The quantitative estimate of drug-likeness (QED) is 0.811. The van der Waals surface area contributed by atoms with E-state index in [1.54, 1.807) is 0 Å². The maximum atomic E-state index is 6.16. The van der Waals surface area contributed by atoms with Crippen LogP contribution in [0.2, 0.25) is 0 Å². The van der Waals surface area contributed by atoms with E-state index in [2.05, 4.69) is 26.0 Å². The van der Waals surface area contributed by atoms with Crippen LogP contribution in [-0.2, 0) is 6.54 Å². The number of allylic oxidation sites excluding steroid dienone is 1. The summed E-state index contributed by atoms with van der Waals surface area (Å²) in [4.78, 5) is 0. The van der Waals surface area contributed by atoms with Gasteiger partial charge in [-0.25, -0.2) is 0 Å². The highest BCUT2D eigenvalue weighted by Crippen LogP contribution is 2.24. The summed E-state index contributed by atoms with van der Waals surface area (Å²) in [6, 6.07) is 6.15. The van der Waals surface area contributed by atoms with Gasteiger partial charge in [0.05, 0.1) is 0 Å². The summed E-state index contributed by atoms with van der Waals surface area (Å²) in [5.41, 5.74) is 8.98. The van der Waals surface area contributed by atoms with Crippen LogP contribution in [0.3, 0.4) is 0 Å². The monoisotopic (exact) mass is 209 g/mol. The zero-order valence-electron chi connectivity index (χ0n) is 8.68. The van der Waals surface area contributed by atoms with Gasteiger partial charge in [0, 0.05) is 11.6 Å². The molecule has 0 radical (unpaired) electrons. The lowest BCUT2D eigenvalue weighted by atomic mass is 10.0.